The fourth-order valence-corrected chi connectivity index (χ4v) is 5.18. The van der Waals surface area contributed by atoms with Gasteiger partial charge in [-0.1, -0.05) is 67.6 Å². The first kappa shape index (κ1) is 21.6. The fourth-order valence-electron chi connectivity index (χ4n) is 3.93. The number of carbonyl (C=O) groups excluding carboxylic acids is 1. The highest BCUT2D eigenvalue weighted by atomic mass is 32.2. The molecule has 1 aliphatic rings. The summed E-state index contributed by atoms with van der Waals surface area (Å²) in [6, 6.07) is 18.5. The van der Waals surface area contributed by atoms with Crippen LogP contribution in [0.25, 0.3) is 0 Å². The van der Waals surface area contributed by atoms with Crippen molar-refractivity contribution in [2.45, 2.75) is 69.0 Å². The topological polar surface area (TPSA) is 57.0 Å². The molecule has 2 aromatic carbocycles. The van der Waals surface area contributed by atoms with E-state index >= 15 is 0 Å². The lowest BCUT2D eigenvalue weighted by atomic mass is 9.99. The zero-order chi connectivity index (χ0) is 21.6. The van der Waals surface area contributed by atoms with Crippen LogP contribution in [0.4, 0.5) is 0 Å². The quantitative estimate of drug-likeness (QED) is 0.459. The molecule has 6 heteroatoms. The smallest absolute Gasteiger partial charge is 0.192 e. The van der Waals surface area contributed by atoms with Crippen LogP contribution in [0.2, 0.25) is 0 Å². The van der Waals surface area contributed by atoms with Crippen LogP contribution < -0.4 is 4.74 Å². The summed E-state index contributed by atoms with van der Waals surface area (Å²) >= 11 is 1.55. The molecule has 162 valence electrons. The Balaban J connectivity index is 1.59. The predicted molar refractivity (Wildman–Crippen MR) is 124 cm³/mol. The van der Waals surface area contributed by atoms with Crippen molar-refractivity contribution in [3.05, 3.63) is 71.5 Å². The van der Waals surface area contributed by atoms with E-state index in [1.807, 2.05) is 30.3 Å². The van der Waals surface area contributed by atoms with Gasteiger partial charge in [-0.05, 0) is 49.4 Å². The summed E-state index contributed by atoms with van der Waals surface area (Å²) in [7, 11) is 0. The van der Waals surface area contributed by atoms with Crippen molar-refractivity contribution in [2.75, 3.05) is 0 Å². The van der Waals surface area contributed by atoms with Gasteiger partial charge in [-0.25, -0.2) is 0 Å². The summed E-state index contributed by atoms with van der Waals surface area (Å²) in [6.07, 6.45) is 4.67. The van der Waals surface area contributed by atoms with E-state index in [0.717, 1.165) is 42.4 Å². The number of ether oxygens (including phenoxy) is 1. The highest BCUT2D eigenvalue weighted by molar-refractivity contribution is 8.00. The zero-order valence-corrected chi connectivity index (χ0v) is 19.0. The number of nitrogens with zero attached hydrogens (tertiary/aromatic N) is 3. The third-order valence-electron chi connectivity index (χ3n) is 5.85. The minimum atomic E-state index is -0.0324. The van der Waals surface area contributed by atoms with Gasteiger partial charge in [0.15, 0.2) is 11.0 Å². The second-order valence-corrected chi connectivity index (χ2v) is 9.13. The van der Waals surface area contributed by atoms with Gasteiger partial charge in [0.05, 0.1) is 11.3 Å². The number of benzene rings is 2. The largest absolute Gasteiger partial charge is 0.486 e. The van der Waals surface area contributed by atoms with Crippen molar-refractivity contribution < 1.29 is 9.53 Å². The maximum atomic E-state index is 12.4. The van der Waals surface area contributed by atoms with Crippen molar-refractivity contribution in [3.63, 3.8) is 0 Å². The first-order valence-electron chi connectivity index (χ1n) is 11.1. The molecule has 0 N–H and O–H groups in total. The van der Waals surface area contributed by atoms with Crippen molar-refractivity contribution in [1.29, 1.82) is 0 Å². The Morgan fingerprint density at radius 1 is 1.10 bits per heavy atom. The van der Waals surface area contributed by atoms with Crippen LogP contribution in [0.15, 0.2) is 59.8 Å². The Kier molecular flexibility index (Phi) is 7.07. The highest BCUT2D eigenvalue weighted by Gasteiger charge is 2.28. The minimum absolute atomic E-state index is 0.0324. The summed E-state index contributed by atoms with van der Waals surface area (Å²) in [6.45, 7) is 4.61. The predicted octanol–water partition coefficient (Wildman–Crippen LogP) is 5.63. The summed E-state index contributed by atoms with van der Waals surface area (Å²) in [5, 5.41) is 9.69. The molecule has 0 aliphatic heterocycles. The van der Waals surface area contributed by atoms with E-state index < -0.39 is 0 Å². The standard InChI is InChI=1S/C25H29N3O2S/c1-3-19-13-15-21(16-14-19)30-17-24-26-27-25(31-23-12-8-7-11-22(23)29)28(24)18(2)20-9-5-4-6-10-20/h4-6,9-10,13-16,18,23H,3,7-8,11-12,17H2,1-2H3. The molecule has 0 saturated heterocycles. The maximum absolute atomic E-state index is 12.4. The summed E-state index contributed by atoms with van der Waals surface area (Å²) in [5.74, 6) is 1.91. The Morgan fingerprint density at radius 2 is 1.87 bits per heavy atom. The molecule has 1 aromatic heterocycles. The molecule has 3 aromatic rings. The maximum Gasteiger partial charge on any atom is 0.192 e. The second kappa shape index (κ2) is 10.1. The molecule has 2 atom stereocenters. The number of carbonyl (C=O) groups is 1. The van der Waals surface area contributed by atoms with Crippen molar-refractivity contribution in [2.24, 2.45) is 0 Å². The van der Waals surface area contributed by atoms with E-state index in [2.05, 4.69) is 52.9 Å². The zero-order valence-electron chi connectivity index (χ0n) is 18.2. The normalized spacial score (nSPS) is 17.5. The number of ketones is 1. The van der Waals surface area contributed by atoms with Gasteiger partial charge in [0.25, 0.3) is 0 Å². The number of aromatic nitrogens is 3. The monoisotopic (exact) mass is 435 g/mol. The Labute approximate surface area is 188 Å². The molecule has 1 fully saturated rings. The average Bonchev–Trinajstić information content (AvgIpc) is 3.22. The van der Waals surface area contributed by atoms with Crippen molar-refractivity contribution >= 4 is 17.5 Å². The van der Waals surface area contributed by atoms with Crippen LogP contribution >= 0.6 is 11.8 Å². The number of hydrogen-bond donors (Lipinski definition) is 0. The lowest BCUT2D eigenvalue weighted by molar-refractivity contribution is -0.119. The molecule has 5 nitrogen and oxygen atoms in total. The molecular weight excluding hydrogens is 406 g/mol. The fraction of sp³-hybridized carbons (Fsp3) is 0.400. The number of hydrogen-bond acceptors (Lipinski definition) is 5. The minimum Gasteiger partial charge on any atom is -0.486 e. The molecule has 31 heavy (non-hydrogen) atoms. The van der Waals surface area contributed by atoms with E-state index in [9.17, 15) is 4.79 Å². The van der Waals surface area contributed by atoms with E-state index in [1.54, 1.807) is 11.8 Å². The molecule has 0 radical (unpaired) electrons. The van der Waals surface area contributed by atoms with Gasteiger partial charge in [0, 0.05) is 6.42 Å². The van der Waals surface area contributed by atoms with Gasteiger partial charge in [-0.2, -0.15) is 0 Å². The number of rotatable bonds is 8. The lowest BCUT2D eigenvalue weighted by Crippen LogP contribution is -2.22. The van der Waals surface area contributed by atoms with Crippen LogP contribution in [0.1, 0.15) is 62.5 Å². The molecule has 1 aliphatic carbocycles. The van der Waals surface area contributed by atoms with Crippen molar-refractivity contribution in [3.8, 4) is 5.75 Å². The molecular formula is C25H29N3O2S. The SMILES string of the molecule is CCc1ccc(OCc2nnc(SC3CCCCC3=O)n2C(C)c2ccccc2)cc1. The van der Waals surface area contributed by atoms with E-state index in [-0.39, 0.29) is 11.3 Å². The molecule has 0 amide bonds. The lowest BCUT2D eigenvalue weighted by Gasteiger charge is -2.22. The van der Waals surface area contributed by atoms with E-state index in [0.29, 0.717) is 18.8 Å². The third-order valence-corrected chi connectivity index (χ3v) is 7.12. The van der Waals surface area contributed by atoms with Gasteiger partial charge in [0.1, 0.15) is 18.1 Å². The first-order valence-corrected chi connectivity index (χ1v) is 11.9. The first-order chi connectivity index (χ1) is 15.2. The summed E-state index contributed by atoms with van der Waals surface area (Å²) in [4.78, 5) is 12.4. The number of aryl methyl sites for hydroxylation is 1. The van der Waals surface area contributed by atoms with Crippen LogP contribution in [0, 0.1) is 0 Å². The van der Waals surface area contributed by atoms with Gasteiger partial charge < -0.3 is 4.74 Å². The van der Waals surface area contributed by atoms with Gasteiger partial charge >= 0.3 is 0 Å². The molecule has 2 unspecified atom stereocenters. The molecule has 1 saturated carbocycles. The van der Waals surface area contributed by atoms with Crippen LogP contribution in [-0.4, -0.2) is 25.8 Å². The van der Waals surface area contributed by atoms with Crippen LogP contribution in [-0.2, 0) is 17.8 Å². The average molecular weight is 436 g/mol. The van der Waals surface area contributed by atoms with Gasteiger partial charge in [-0.15, -0.1) is 10.2 Å². The number of Topliss-reactive ketones (excluding diaryl/α,β-unsaturated/α-hetero) is 1. The Morgan fingerprint density at radius 3 is 2.58 bits per heavy atom. The summed E-state index contributed by atoms with van der Waals surface area (Å²) in [5.41, 5.74) is 2.46. The van der Waals surface area contributed by atoms with Crippen molar-refractivity contribution in [1.82, 2.24) is 14.8 Å². The van der Waals surface area contributed by atoms with Gasteiger partial charge in [0.2, 0.25) is 0 Å². The van der Waals surface area contributed by atoms with E-state index in [4.69, 9.17) is 4.74 Å². The Bertz CT molecular complexity index is 1000. The second-order valence-electron chi connectivity index (χ2n) is 7.96. The third kappa shape index (κ3) is 5.18. The molecule has 1 heterocycles. The molecule has 4 rings (SSSR count). The Hall–Kier alpha value is -2.60. The van der Waals surface area contributed by atoms with E-state index in [1.165, 1.54) is 11.1 Å². The van der Waals surface area contributed by atoms with Gasteiger partial charge in [-0.3, -0.25) is 9.36 Å². The van der Waals surface area contributed by atoms with Crippen LogP contribution in [0.3, 0.4) is 0 Å². The van der Waals surface area contributed by atoms with Crippen LogP contribution in [0.5, 0.6) is 5.75 Å². The summed E-state index contributed by atoms with van der Waals surface area (Å²) < 4.78 is 8.17. The molecule has 0 spiro atoms. The number of thioether (sulfide) groups is 1. The molecule has 0 bridgehead atoms. The highest BCUT2D eigenvalue weighted by Crippen LogP contribution is 2.34.